The average Bonchev–Trinajstić information content (AvgIpc) is 3.62. The van der Waals surface area contributed by atoms with Crippen LogP contribution in [0.2, 0.25) is 0 Å². The molecule has 7 nitrogen and oxygen atoms in total. The third kappa shape index (κ3) is 7.14. The van der Waals surface area contributed by atoms with E-state index in [4.69, 9.17) is 14.6 Å². The maximum Gasteiger partial charge on any atom is 0.410 e. The van der Waals surface area contributed by atoms with Crippen LogP contribution in [0.1, 0.15) is 51.2 Å². The third-order valence-corrected chi connectivity index (χ3v) is 7.33. The molecule has 0 radical (unpaired) electrons. The predicted molar refractivity (Wildman–Crippen MR) is 146 cm³/mol. The molecular weight excluding hydrogens is 536 g/mol. The van der Waals surface area contributed by atoms with Gasteiger partial charge in [0.2, 0.25) is 5.91 Å². The number of nitrogens with one attached hydrogen (secondary N) is 1. The molecule has 1 aliphatic heterocycles. The monoisotopic (exact) mass is 570 g/mol. The Labute approximate surface area is 227 Å². The number of hydrogen-bond donors (Lipinski definition) is 2. The summed E-state index contributed by atoms with van der Waals surface area (Å²) in [7, 11) is 0. The fourth-order valence-corrected chi connectivity index (χ4v) is 4.93. The topological polar surface area (TPSA) is 88.1 Å². The van der Waals surface area contributed by atoms with E-state index in [9.17, 15) is 9.59 Å². The molecule has 8 heteroatoms. The second-order valence-corrected chi connectivity index (χ2v) is 11.6. The molecule has 1 saturated carbocycles. The summed E-state index contributed by atoms with van der Waals surface area (Å²) in [5.74, 6) is 0.509. The fraction of sp³-hybridized carbons (Fsp3) is 0.448. The van der Waals surface area contributed by atoms with Crippen LogP contribution in [0, 0.1) is 0 Å². The van der Waals surface area contributed by atoms with Crippen molar-refractivity contribution in [1.29, 1.82) is 0 Å². The summed E-state index contributed by atoms with van der Waals surface area (Å²) >= 11 is 3.62. The zero-order chi connectivity index (χ0) is 26.6. The second kappa shape index (κ2) is 11.3. The molecule has 2 amide bonds. The van der Waals surface area contributed by atoms with Gasteiger partial charge in [-0.25, -0.2) is 4.79 Å². The standard InChI is InChI=1S/C29H35BrN2O5/c1-28(2,3)37-27(35)32-15-12-23(20-8-10-22(11-9-20)36-17-16-33)24(19-32)26(34)31-29(13-14-29)18-21-6-4-5-7-25(21)30/h4-11,33H,12-19H2,1-3H3,(H,31,34). The van der Waals surface area contributed by atoms with E-state index in [1.807, 2.05) is 63.2 Å². The zero-order valence-electron chi connectivity index (χ0n) is 21.7. The Kier molecular flexibility index (Phi) is 8.29. The normalized spacial score (nSPS) is 16.8. The number of aliphatic hydroxyl groups is 1. The first-order valence-corrected chi connectivity index (χ1v) is 13.5. The van der Waals surface area contributed by atoms with Gasteiger partial charge in [0.1, 0.15) is 18.0 Å². The van der Waals surface area contributed by atoms with Gasteiger partial charge in [-0.3, -0.25) is 4.79 Å². The summed E-state index contributed by atoms with van der Waals surface area (Å²) in [6.07, 6.45) is 2.69. The Morgan fingerprint density at radius 3 is 2.43 bits per heavy atom. The first kappa shape index (κ1) is 27.2. The van der Waals surface area contributed by atoms with Gasteiger partial charge in [0.25, 0.3) is 0 Å². The molecular formula is C29H35BrN2O5. The van der Waals surface area contributed by atoms with E-state index >= 15 is 0 Å². The van der Waals surface area contributed by atoms with E-state index < -0.39 is 11.7 Å². The van der Waals surface area contributed by atoms with Crippen molar-refractivity contribution in [3.8, 4) is 5.75 Å². The highest BCUT2D eigenvalue weighted by Crippen LogP contribution is 2.41. The van der Waals surface area contributed by atoms with Crippen LogP contribution in [0.15, 0.2) is 58.6 Å². The van der Waals surface area contributed by atoms with Crippen LogP contribution in [0.4, 0.5) is 4.79 Å². The number of ether oxygens (including phenoxy) is 2. The van der Waals surface area contributed by atoms with Gasteiger partial charge in [0.15, 0.2) is 0 Å². The minimum absolute atomic E-state index is 0.0565. The number of benzene rings is 2. The maximum absolute atomic E-state index is 13.8. The number of nitrogens with zero attached hydrogens (tertiary/aromatic N) is 1. The number of aliphatic hydroxyl groups excluding tert-OH is 1. The highest BCUT2D eigenvalue weighted by molar-refractivity contribution is 9.10. The second-order valence-electron chi connectivity index (χ2n) is 10.7. The number of rotatable bonds is 8. The highest BCUT2D eigenvalue weighted by atomic mass is 79.9. The Morgan fingerprint density at radius 2 is 1.81 bits per heavy atom. The Morgan fingerprint density at radius 1 is 1.11 bits per heavy atom. The molecule has 2 aromatic carbocycles. The SMILES string of the molecule is CC(C)(C)OC(=O)N1CCC(c2ccc(OCCO)cc2)=C(C(=O)NC2(Cc3ccccc3Br)CC2)C1. The van der Waals surface area contributed by atoms with Gasteiger partial charge < -0.3 is 24.8 Å². The molecule has 0 bridgehead atoms. The van der Waals surface area contributed by atoms with E-state index in [2.05, 4.69) is 27.3 Å². The van der Waals surface area contributed by atoms with E-state index in [-0.39, 0.29) is 31.2 Å². The van der Waals surface area contributed by atoms with Crippen molar-refractivity contribution in [1.82, 2.24) is 10.2 Å². The molecule has 1 heterocycles. The van der Waals surface area contributed by atoms with Gasteiger partial charge in [-0.15, -0.1) is 0 Å². The lowest BCUT2D eigenvalue weighted by Crippen LogP contribution is -2.46. The molecule has 2 N–H and O–H groups in total. The Balaban J connectivity index is 1.59. The fourth-order valence-electron chi connectivity index (χ4n) is 4.51. The molecule has 0 aromatic heterocycles. The number of halogens is 1. The van der Waals surface area contributed by atoms with Crippen LogP contribution in [0.5, 0.6) is 5.75 Å². The van der Waals surface area contributed by atoms with Crippen LogP contribution >= 0.6 is 15.9 Å². The molecule has 1 aliphatic carbocycles. The van der Waals surface area contributed by atoms with Gasteiger partial charge in [-0.2, -0.15) is 0 Å². The maximum atomic E-state index is 13.8. The van der Waals surface area contributed by atoms with Crippen LogP contribution < -0.4 is 10.1 Å². The van der Waals surface area contributed by atoms with Gasteiger partial charge in [-0.1, -0.05) is 46.3 Å². The molecule has 37 heavy (non-hydrogen) atoms. The summed E-state index contributed by atoms with van der Waals surface area (Å²) in [5, 5.41) is 12.3. The zero-order valence-corrected chi connectivity index (χ0v) is 23.3. The molecule has 2 aromatic rings. The van der Waals surface area contributed by atoms with Crippen molar-refractivity contribution in [3.63, 3.8) is 0 Å². The third-order valence-electron chi connectivity index (χ3n) is 6.55. The summed E-state index contributed by atoms with van der Waals surface area (Å²) in [6, 6.07) is 15.6. The molecule has 1 fully saturated rings. The smallest absolute Gasteiger partial charge is 0.410 e. The van der Waals surface area contributed by atoms with Crippen LogP contribution in [0.3, 0.4) is 0 Å². The number of hydrogen-bond acceptors (Lipinski definition) is 5. The molecule has 198 valence electrons. The number of amides is 2. The summed E-state index contributed by atoms with van der Waals surface area (Å²) in [5.41, 5.74) is 2.68. The van der Waals surface area contributed by atoms with Crippen molar-refractivity contribution < 1.29 is 24.2 Å². The van der Waals surface area contributed by atoms with Crippen LogP contribution in [-0.4, -0.2) is 59.5 Å². The average molecular weight is 572 g/mol. The van der Waals surface area contributed by atoms with Crippen LogP contribution in [-0.2, 0) is 16.0 Å². The Hall–Kier alpha value is -2.84. The van der Waals surface area contributed by atoms with Gasteiger partial charge in [0, 0.05) is 22.1 Å². The van der Waals surface area contributed by atoms with Gasteiger partial charge >= 0.3 is 6.09 Å². The molecule has 0 spiro atoms. The minimum Gasteiger partial charge on any atom is -0.491 e. The minimum atomic E-state index is -0.616. The molecule has 4 rings (SSSR count). The summed E-state index contributed by atoms with van der Waals surface area (Å²) < 4.78 is 12.1. The van der Waals surface area contributed by atoms with Crippen molar-refractivity contribution in [2.24, 2.45) is 0 Å². The highest BCUT2D eigenvalue weighted by Gasteiger charge is 2.45. The van der Waals surface area contributed by atoms with Crippen molar-refractivity contribution in [3.05, 3.63) is 69.7 Å². The summed E-state index contributed by atoms with van der Waals surface area (Å²) in [4.78, 5) is 28.2. The van der Waals surface area contributed by atoms with Crippen molar-refractivity contribution in [2.45, 2.75) is 57.6 Å². The van der Waals surface area contributed by atoms with E-state index in [0.29, 0.717) is 24.3 Å². The lowest BCUT2D eigenvalue weighted by molar-refractivity contribution is -0.118. The van der Waals surface area contributed by atoms with Gasteiger partial charge in [-0.05, 0) is 81.4 Å². The van der Waals surface area contributed by atoms with Crippen molar-refractivity contribution in [2.75, 3.05) is 26.3 Å². The van der Waals surface area contributed by atoms with Crippen LogP contribution in [0.25, 0.3) is 5.57 Å². The molecule has 0 saturated heterocycles. The quantitative estimate of drug-likeness (QED) is 0.460. The van der Waals surface area contributed by atoms with E-state index in [0.717, 1.165) is 40.4 Å². The van der Waals surface area contributed by atoms with E-state index in [1.165, 1.54) is 0 Å². The first-order chi connectivity index (χ1) is 17.6. The molecule has 0 unspecified atom stereocenters. The van der Waals surface area contributed by atoms with E-state index in [1.54, 1.807) is 4.90 Å². The first-order valence-electron chi connectivity index (χ1n) is 12.7. The Bertz CT molecular complexity index is 1170. The van der Waals surface area contributed by atoms with Crippen molar-refractivity contribution >= 4 is 33.5 Å². The number of carbonyl (C=O) groups is 2. The van der Waals surface area contributed by atoms with Gasteiger partial charge in [0.05, 0.1) is 13.2 Å². The lowest BCUT2D eigenvalue weighted by Gasteiger charge is -2.33. The predicted octanol–water partition coefficient (Wildman–Crippen LogP) is 5.11. The number of carbonyl (C=O) groups excluding carboxylic acids is 2. The molecule has 0 atom stereocenters. The summed E-state index contributed by atoms with van der Waals surface area (Å²) in [6.45, 7) is 6.32. The lowest BCUT2D eigenvalue weighted by atomic mass is 9.92. The largest absolute Gasteiger partial charge is 0.491 e. The molecule has 2 aliphatic rings.